The average Bonchev–Trinajstić information content (AvgIpc) is 2.80. The summed E-state index contributed by atoms with van der Waals surface area (Å²) in [4.78, 5) is 26.5. The van der Waals surface area contributed by atoms with E-state index in [-0.39, 0.29) is 18.4 Å². The smallest absolute Gasteiger partial charge is 0.239 e. The summed E-state index contributed by atoms with van der Waals surface area (Å²) in [5.41, 5.74) is 2.13. The van der Waals surface area contributed by atoms with Gasteiger partial charge in [0.25, 0.3) is 0 Å². The molecule has 1 saturated heterocycles. The van der Waals surface area contributed by atoms with Crippen LogP contribution in [0, 0.1) is 6.92 Å². The monoisotopic (exact) mass is 341 g/mol. The van der Waals surface area contributed by atoms with Crippen LogP contribution in [0.3, 0.4) is 0 Å². The number of hydrogen-bond donors (Lipinski definition) is 1. The highest BCUT2D eigenvalue weighted by Crippen LogP contribution is 2.18. The van der Waals surface area contributed by atoms with E-state index >= 15 is 0 Å². The van der Waals surface area contributed by atoms with Crippen molar-refractivity contribution in [3.63, 3.8) is 0 Å². The number of nitrogens with zero attached hydrogens (tertiary/aromatic N) is 2. The van der Waals surface area contributed by atoms with Gasteiger partial charge in [-0.05, 0) is 37.3 Å². The third-order valence-electron chi connectivity index (χ3n) is 4.94. The maximum absolute atomic E-state index is 12.3. The van der Waals surface area contributed by atoms with Crippen molar-refractivity contribution < 1.29 is 9.59 Å². The molecule has 1 aromatic heterocycles. The van der Waals surface area contributed by atoms with Crippen LogP contribution in [0.4, 0.5) is 0 Å². The molecule has 0 aliphatic carbocycles. The molecule has 1 fully saturated rings. The Balaban J connectivity index is 1.49. The lowest BCUT2D eigenvalue weighted by Gasteiger charge is -2.20. The van der Waals surface area contributed by atoms with Gasteiger partial charge in [-0.15, -0.1) is 0 Å². The quantitative estimate of drug-likeness (QED) is 0.909. The van der Waals surface area contributed by atoms with Gasteiger partial charge in [-0.1, -0.05) is 31.0 Å². The van der Waals surface area contributed by atoms with Gasteiger partial charge in [0, 0.05) is 37.3 Å². The standard InChI is InChI=1S/C20H27N3O2/c1-16-14-17-8-4-5-9-18(17)23(16)15-19(24)21-11-10-20(25)22-12-6-2-3-7-13-22/h4-5,8-9,14H,2-3,6-7,10-13,15H2,1H3,(H,21,24). The molecule has 0 spiro atoms. The molecule has 3 rings (SSSR count). The van der Waals surface area contributed by atoms with E-state index in [1.54, 1.807) is 0 Å². The highest BCUT2D eigenvalue weighted by Gasteiger charge is 2.15. The average molecular weight is 341 g/mol. The molecule has 2 aromatic rings. The summed E-state index contributed by atoms with van der Waals surface area (Å²) in [6.45, 7) is 4.43. The van der Waals surface area contributed by atoms with Gasteiger partial charge in [0.2, 0.25) is 11.8 Å². The minimum Gasteiger partial charge on any atom is -0.354 e. The number of amides is 2. The number of aryl methyl sites for hydroxylation is 1. The molecule has 1 aliphatic rings. The Labute approximate surface area is 149 Å². The summed E-state index contributed by atoms with van der Waals surface area (Å²) >= 11 is 0. The van der Waals surface area contributed by atoms with Crippen molar-refractivity contribution in [2.24, 2.45) is 0 Å². The van der Waals surface area contributed by atoms with E-state index in [0.717, 1.165) is 42.5 Å². The molecule has 134 valence electrons. The van der Waals surface area contributed by atoms with Gasteiger partial charge in [-0.3, -0.25) is 9.59 Å². The number of rotatable bonds is 5. The Hall–Kier alpha value is -2.30. The first kappa shape index (κ1) is 17.5. The first-order valence-corrected chi connectivity index (χ1v) is 9.24. The van der Waals surface area contributed by atoms with E-state index in [2.05, 4.69) is 17.4 Å². The molecule has 0 bridgehead atoms. The van der Waals surface area contributed by atoms with Gasteiger partial charge in [-0.25, -0.2) is 0 Å². The molecule has 0 unspecified atom stereocenters. The van der Waals surface area contributed by atoms with Crippen LogP contribution in [0.25, 0.3) is 10.9 Å². The zero-order chi connectivity index (χ0) is 17.6. The molecule has 0 radical (unpaired) electrons. The first-order chi connectivity index (χ1) is 12.1. The molecule has 2 amide bonds. The molecular formula is C20H27N3O2. The predicted octanol–water partition coefficient (Wildman–Crippen LogP) is 2.86. The number of benzene rings is 1. The molecule has 0 atom stereocenters. The van der Waals surface area contributed by atoms with E-state index < -0.39 is 0 Å². The highest BCUT2D eigenvalue weighted by atomic mass is 16.2. The van der Waals surface area contributed by atoms with Crippen molar-refractivity contribution in [3.8, 4) is 0 Å². The fourth-order valence-corrected chi connectivity index (χ4v) is 3.54. The Morgan fingerprint density at radius 2 is 1.80 bits per heavy atom. The number of para-hydroxylation sites is 1. The van der Waals surface area contributed by atoms with Gasteiger partial charge < -0.3 is 14.8 Å². The van der Waals surface area contributed by atoms with Gasteiger partial charge >= 0.3 is 0 Å². The SMILES string of the molecule is Cc1cc2ccccc2n1CC(=O)NCCC(=O)N1CCCCCC1. The fraction of sp³-hybridized carbons (Fsp3) is 0.500. The number of hydrogen-bond acceptors (Lipinski definition) is 2. The second-order valence-electron chi connectivity index (χ2n) is 6.83. The Morgan fingerprint density at radius 1 is 1.08 bits per heavy atom. The molecular weight excluding hydrogens is 314 g/mol. The topological polar surface area (TPSA) is 54.3 Å². The first-order valence-electron chi connectivity index (χ1n) is 9.24. The lowest BCUT2D eigenvalue weighted by Crippen LogP contribution is -2.36. The molecule has 5 heteroatoms. The number of carbonyl (C=O) groups excluding carboxylic acids is 2. The largest absolute Gasteiger partial charge is 0.354 e. The van der Waals surface area contributed by atoms with Crippen LogP contribution < -0.4 is 5.32 Å². The van der Waals surface area contributed by atoms with Crippen molar-refractivity contribution in [2.75, 3.05) is 19.6 Å². The van der Waals surface area contributed by atoms with Gasteiger partial charge in [0.05, 0.1) is 0 Å². The lowest BCUT2D eigenvalue weighted by molar-refractivity contribution is -0.131. The molecule has 25 heavy (non-hydrogen) atoms. The number of carbonyl (C=O) groups is 2. The molecule has 1 aromatic carbocycles. The van der Waals surface area contributed by atoms with Crippen molar-refractivity contribution in [3.05, 3.63) is 36.0 Å². The summed E-state index contributed by atoms with van der Waals surface area (Å²) in [6.07, 6.45) is 5.00. The van der Waals surface area contributed by atoms with Crippen LogP contribution in [0.15, 0.2) is 30.3 Å². The van der Waals surface area contributed by atoms with Crippen LogP contribution in [-0.2, 0) is 16.1 Å². The second-order valence-corrected chi connectivity index (χ2v) is 6.83. The summed E-state index contributed by atoms with van der Waals surface area (Å²) in [5.74, 6) is 0.109. The molecule has 2 heterocycles. The zero-order valence-corrected chi connectivity index (χ0v) is 15.0. The Kier molecular flexibility index (Phi) is 5.74. The number of aromatic nitrogens is 1. The second kappa shape index (κ2) is 8.19. The van der Waals surface area contributed by atoms with E-state index in [0.29, 0.717) is 13.0 Å². The van der Waals surface area contributed by atoms with Crippen molar-refractivity contribution in [1.29, 1.82) is 0 Å². The fourth-order valence-electron chi connectivity index (χ4n) is 3.54. The van der Waals surface area contributed by atoms with E-state index in [1.165, 1.54) is 12.8 Å². The van der Waals surface area contributed by atoms with Gasteiger partial charge in [0.1, 0.15) is 6.54 Å². The summed E-state index contributed by atoms with van der Waals surface area (Å²) in [6, 6.07) is 10.2. The van der Waals surface area contributed by atoms with Crippen molar-refractivity contribution >= 4 is 22.7 Å². The summed E-state index contributed by atoms with van der Waals surface area (Å²) in [7, 11) is 0. The maximum atomic E-state index is 12.3. The zero-order valence-electron chi connectivity index (χ0n) is 15.0. The summed E-state index contributed by atoms with van der Waals surface area (Å²) in [5, 5.41) is 4.03. The molecule has 0 saturated carbocycles. The normalized spacial score (nSPS) is 15.2. The molecule has 1 N–H and O–H groups in total. The van der Waals surface area contributed by atoms with Crippen molar-refractivity contribution in [1.82, 2.24) is 14.8 Å². The minimum atomic E-state index is -0.0480. The van der Waals surface area contributed by atoms with Crippen molar-refractivity contribution in [2.45, 2.75) is 45.6 Å². The van der Waals surface area contributed by atoms with Crippen LogP contribution in [0.1, 0.15) is 37.8 Å². The molecule has 1 aliphatic heterocycles. The Morgan fingerprint density at radius 3 is 2.56 bits per heavy atom. The lowest BCUT2D eigenvalue weighted by atomic mass is 10.2. The third kappa shape index (κ3) is 4.41. The van der Waals surface area contributed by atoms with Crippen LogP contribution in [0.5, 0.6) is 0 Å². The predicted molar refractivity (Wildman–Crippen MR) is 99.3 cm³/mol. The van der Waals surface area contributed by atoms with Crippen LogP contribution in [-0.4, -0.2) is 40.9 Å². The van der Waals surface area contributed by atoms with E-state index in [4.69, 9.17) is 0 Å². The third-order valence-corrected chi connectivity index (χ3v) is 4.94. The van der Waals surface area contributed by atoms with Gasteiger partial charge in [0.15, 0.2) is 0 Å². The highest BCUT2D eigenvalue weighted by molar-refractivity contribution is 5.84. The number of likely N-dealkylation sites (tertiary alicyclic amines) is 1. The van der Waals surface area contributed by atoms with Gasteiger partial charge in [-0.2, -0.15) is 0 Å². The Bertz CT molecular complexity index is 742. The number of nitrogens with one attached hydrogen (secondary N) is 1. The van der Waals surface area contributed by atoms with E-state index in [1.807, 2.05) is 34.6 Å². The number of fused-ring (bicyclic) bond motifs is 1. The van der Waals surface area contributed by atoms with E-state index in [9.17, 15) is 9.59 Å². The summed E-state index contributed by atoms with van der Waals surface area (Å²) < 4.78 is 2.02. The van der Waals surface area contributed by atoms with Crippen LogP contribution in [0.2, 0.25) is 0 Å². The minimum absolute atomic E-state index is 0.0480. The maximum Gasteiger partial charge on any atom is 0.239 e. The molecule has 5 nitrogen and oxygen atoms in total. The van der Waals surface area contributed by atoms with Crippen LogP contribution >= 0.6 is 0 Å².